The van der Waals surface area contributed by atoms with E-state index in [-0.39, 0.29) is 5.69 Å². The van der Waals surface area contributed by atoms with Gasteiger partial charge in [0.15, 0.2) is 0 Å². The molecule has 0 saturated heterocycles. The van der Waals surface area contributed by atoms with Gasteiger partial charge in [0, 0.05) is 30.4 Å². The van der Waals surface area contributed by atoms with E-state index in [4.69, 9.17) is 0 Å². The monoisotopic (exact) mass is 368 g/mol. The standard InChI is InChI=1S/C20H15F3N4/c21-20(22,23)16-5-1-2-6-17(16)27-18-8-7-13(11-25-18)10-14-12-26-19-15(14)4-3-9-24-19/h1-9,11-12H,10H2,(H,24,26)(H,25,27). The van der Waals surface area contributed by atoms with Gasteiger partial charge in [-0.3, -0.25) is 0 Å². The molecule has 3 heterocycles. The zero-order chi connectivity index (χ0) is 18.9. The van der Waals surface area contributed by atoms with Gasteiger partial charge in [-0.25, -0.2) is 9.97 Å². The number of hydrogen-bond donors (Lipinski definition) is 2. The fourth-order valence-corrected chi connectivity index (χ4v) is 2.96. The predicted molar refractivity (Wildman–Crippen MR) is 97.9 cm³/mol. The highest BCUT2D eigenvalue weighted by atomic mass is 19.4. The lowest BCUT2D eigenvalue weighted by molar-refractivity contribution is -0.136. The zero-order valence-electron chi connectivity index (χ0n) is 14.1. The summed E-state index contributed by atoms with van der Waals surface area (Å²) in [5, 5.41) is 3.79. The summed E-state index contributed by atoms with van der Waals surface area (Å²) in [5.41, 5.74) is 2.12. The Labute approximate surface area is 153 Å². The Balaban J connectivity index is 1.53. The third-order valence-electron chi connectivity index (χ3n) is 4.25. The average Bonchev–Trinajstić information content (AvgIpc) is 3.06. The van der Waals surface area contributed by atoms with E-state index in [1.54, 1.807) is 24.5 Å². The van der Waals surface area contributed by atoms with Crippen molar-refractivity contribution >= 4 is 22.5 Å². The quantitative estimate of drug-likeness (QED) is 0.513. The van der Waals surface area contributed by atoms with E-state index in [0.29, 0.717) is 12.2 Å². The number of benzene rings is 1. The van der Waals surface area contributed by atoms with Crippen molar-refractivity contribution in [2.75, 3.05) is 5.32 Å². The number of aromatic nitrogens is 3. The Bertz CT molecular complexity index is 1070. The van der Waals surface area contributed by atoms with Crippen molar-refractivity contribution in [3.63, 3.8) is 0 Å². The molecule has 7 heteroatoms. The van der Waals surface area contributed by atoms with Crippen molar-refractivity contribution in [3.05, 3.63) is 83.8 Å². The first-order chi connectivity index (χ1) is 13.0. The molecule has 136 valence electrons. The van der Waals surface area contributed by atoms with E-state index < -0.39 is 11.7 Å². The highest BCUT2D eigenvalue weighted by molar-refractivity contribution is 5.79. The molecule has 1 aromatic carbocycles. The second-order valence-corrected chi connectivity index (χ2v) is 6.11. The zero-order valence-corrected chi connectivity index (χ0v) is 14.1. The van der Waals surface area contributed by atoms with Crippen molar-refractivity contribution in [1.82, 2.24) is 15.0 Å². The van der Waals surface area contributed by atoms with E-state index in [0.717, 1.165) is 28.2 Å². The fourth-order valence-electron chi connectivity index (χ4n) is 2.96. The Hall–Kier alpha value is -3.35. The molecular weight excluding hydrogens is 353 g/mol. The minimum Gasteiger partial charge on any atom is -0.346 e. The molecular formula is C20H15F3N4. The predicted octanol–water partition coefficient (Wildman–Crippen LogP) is 5.31. The molecule has 0 fully saturated rings. The van der Waals surface area contributed by atoms with Crippen molar-refractivity contribution in [2.45, 2.75) is 12.6 Å². The van der Waals surface area contributed by atoms with Gasteiger partial charge < -0.3 is 10.3 Å². The van der Waals surface area contributed by atoms with Crippen LogP contribution in [0.25, 0.3) is 11.0 Å². The Morgan fingerprint density at radius 3 is 2.59 bits per heavy atom. The van der Waals surface area contributed by atoms with Gasteiger partial charge in [0.1, 0.15) is 11.5 Å². The summed E-state index contributed by atoms with van der Waals surface area (Å²) in [4.78, 5) is 11.6. The number of fused-ring (bicyclic) bond motifs is 1. The summed E-state index contributed by atoms with van der Waals surface area (Å²) < 4.78 is 39.3. The normalized spacial score (nSPS) is 11.7. The smallest absolute Gasteiger partial charge is 0.346 e. The number of halogens is 3. The van der Waals surface area contributed by atoms with Crippen LogP contribution in [0, 0.1) is 0 Å². The highest BCUT2D eigenvalue weighted by Crippen LogP contribution is 2.35. The Morgan fingerprint density at radius 1 is 0.963 bits per heavy atom. The van der Waals surface area contributed by atoms with Gasteiger partial charge in [0.05, 0.1) is 11.3 Å². The maximum atomic E-state index is 13.1. The molecule has 0 bridgehead atoms. The minimum atomic E-state index is -4.42. The van der Waals surface area contributed by atoms with Gasteiger partial charge in [-0.1, -0.05) is 18.2 Å². The molecule has 0 atom stereocenters. The first-order valence-corrected chi connectivity index (χ1v) is 8.30. The van der Waals surface area contributed by atoms with Crippen molar-refractivity contribution in [2.24, 2.45) is 0 Å². The second-order valence-electron chi connectivity index (χ2n) is 6.11. The van der Waals surface area contributed by atoms with Crippen LogP contribution in [-0.4, -0.2) is 15.0 Å². The summed E-state index contributed by atoms with van der Waals surface area (Å²) in [5.74, 6) is 0.357. The van der Waals surface area contributed by atoms with Crippen molar-refractivity contribution in [1.29, 1.82) is 0 Å². The molecule has 4 aromatic rings. The second kappa shape index (κ2) is 6.75. The third-order valence-corrected chi connectivity index (χ3v) is 4.25. The molecule has 0 unspecified atom stereocenters. The van der Waals surface area contributed by atoms with E-state index >= 15 is 0 Å². The molecule has 0 saturated carbocycles. The molecule has 27 heavy (non-hydrogen) atoms. The summed E-state index contributed by atoms with van der Waals surface area (Å²) >= 11 is 0. The van der Waals surface area contributed by atoms with Gasteiger partial charge in [-0.15, -0.1) is 0 Å². The lowest BCUT2D eigenvalue weighted by Crippen LogP contribution is -2.09. The number of para-hydroxylation sites is 1. The van der Waals surface area contributed by atoms with Crippen molar-refractivity contribution in [3.8, 4) is 0 Å². The van der Waals surface area contributed by atoms with Crippen LogP contribution < -0.4 is 5.32 Å². The van der Waals surface area contributed by atoms with Crippen LogP contribution in [-0.2, 0) is 12.6 Å². The molecule has 3 aromatic heterocycles. The van der Waals surface area contributed by atoms with Gasteiger partial charge in [-0.05, 0) is 41.5 Å². The molecule has 0 aliphatic carbocycles. The molecule has 0 aliphatic rings. The first-order valence-electron chi connectivity index (χ1n) is 8.30. The third kappa shape index (κ3) is 3.62. The summed E-state index contributed by atoms with van der Waals surface area (Å²) in [7, 11) is 0. The van der Waals surface area contributed by atoms with Crippen LogP contribution in [0.2, 0.25) is 0 Å². The number of anilines is 2. The molecule has 0 amide bonds. The lowest BCUT2D eigenvalue weighted by Gasteiger charge is -2.14. The van der Waals surface area contributed by atoms with Crippen LogP contribution in [0.5, 0.6) is 0 Å². The average molecular weight is 368 g/mol. The number of nitrogens with one attached hydrogen (secondary N) is 2. The minimum absolute atomic E-state index is 0.0204. The largest absolute Gasteiger partial charge is 0.418 e. The molecule has 0 radical (unpaired) electrons. The first kappa shape index (κ1) is 17.1. The molecule has 4 nitrogen and oxygen atoms in total. The van der Waals surface area contributed by atoms with Gasteiger partial charge in [-0.2, -0.15) is 13.2 Å². The summed E-state index contributed by atoms with van der Waals surface area (Å²) in [6, 6.07) is 12.7. The van der Waals surface area contributed by atoms with Crippen LogP contribution in [0.15, 0.2) is 67.1 Å². The highest BCUT2D eigenvalue weighted by Gasteiger charge is 2.33. The van der Waals surface area contributed by atoms with Crippen LogP contribution >= 0.6 is 0 Å². The Kier molecular flexibility index (Phi) is 4.27. The molecule has 2 N–H and O–H groups in total. The number of hydrogen-bond acceptors (Lipinski definition) is 3. The van der Waals surface area contributed by atoms with Crippen molar-refractivity contribution < 1.29 is 13.2 Å². The lowest BCUT2D eigenvalue weighted by atomic mass is 10.1. The SMILES string of the molecule is FC(F)(F)c1ccccc1Nc1ccc(Cc2c[nH]c3ncccc23)cn1. The van der Waals surface area contributed by atoms with Gasteiger partial charge >= 0.3 is 6.18 Å². The Morgan fingerprint density at radius 2 is 1.81 bits per heavy atom. The van der Waals surface area contributed by atoms with E-state index in [2.05, 4.69) is 20.3 Å². The molecule has 4 rings (SSSR count). The number of aromatic amines is 1. The summed E-state index contributed by atoms with van der Waals surface area (Å²) in [6.07, 6.45) is 1.52. The van der Waals surface area contributed by atoms with E-state index in [1.807, 2.05) is 24.4 Å². The summed E-state index contributed by atoms with van der Waals surface area (Å²) in [6.45, 7) is 0. The maximum Gasteiger partial charge on any atom is 0.418 e. The molecule has 0 aliphatic heterocycles. The fraction of sp³-hybridized carbons (Fsp3) is 0.100. The van der Waals surface area contributed by atoms with Gasteiger partial charge in [0.25, 0.3) is 0 Å². The van der Waals surface area contributed by atoms with Gasteiger partial charge in [0.2, 0.25) is 0 Å². The number of rotatable bonds is 4. The molecule has 0 spiro atoms. The number of nitrogens with zero attached hydrogens (tertiary/aromatic N) is 2. The number of H-pyrrole nitrogens is 1. The number of pyridine rings is 2. The van der Waals surface area contributed by atoms with Crippen LogP contribution in [0.4, 0.5) is 24.7 Å². The maximum absolute atomic E-state index is 13.1. The topological polar surface area (TPSA) is 53.6 Å². The van der Waals surface area contributed by atoms with E-state index in [9.17, 15) is 13.2 Å². The number of alkyl halides is 3. The van der Waals surface area contributed by atoms with Crippen LogP contribution in [0.1, 0.15) is 16.7 Å². The van der Waals surface area contributed by atoms with Crippen LogP contribution in [0.3, 0.4) is 0 Å². The van der Waals surface area contributed by atoms with E-state index in [1.165, 1.54) is 12.1 Å².